The lowest BCUT2D eigenvalue weighted by atomic mass is 9.98. The molecule has 19 nitrogen and oxygen atoms in total. The molecule has 19 heteroatoms. The summed E-state index contributed by atoms with van der Waals surface area (Å²) in [5, 5.41) is 94.2. The van der Waals surface area contributed by atoms with Gasteiger partial charge in [-0.1, -0.05) is 0 Å². The second kappa shape index (κ2) is 15.8. The van der Waals surface area contributed by atoms with Crippen molar-refractivity contribution < 1.29 is 88.3 Å². The highest BCUT2D eigenvalue weighted by Crippen LogP contribution is 2.39. The molecule has 2 aliphatic rings. The molecule has 0 aliphatic carbocycles. The lowest BCUT2D eigenvalue weighted by Gasteiger charge is -2.43. The number of hydrogen-bond acceptors (Lipinski definition) is 19. The van der Waals surface area contributed by atoms with Crippen LogP contribution in [0.25, 0.3) is 22.3 Å². The molecule has 0 radical (unpaired) electrons. The van der Waals surface area contributed by atoms with E-state index in [9.17, 15) is 55.5 Å². The largest absolute Gasteiger partial charge is 0.508 e. The molecule has 4 aromatic rings. The van der Waals surface area contributed by atoms with Gasteiger partial charge in [0.05, 0.1) is 32.5 Å². The first kappa shape index (κ1) is 39.3. The molecule has 0 saturated carbocycles. The molecule has 1 aromatic heterocycles. The second-order valence-corrected chi connectivity index (χ2v) is 12.7. The van der Waals surface area contributed by atoms with E-state index in [1.54, 1.807) is 0 Å². The van der Waals surface area contributed by atoms with Gasteiger partial charge in [-0.05, 0) is 43.3 Å². The predicted octanol–water partition coefficient (Wildman–Crippen LogP) is 0.195. The molecule has 2 saturated heterocycles. The van der Waals surface area contributed by atoms with Crippen molar-refractivity contribution >= 4 is 16.9 Å². The predicted molar refractivity (Wildman–Crippen MR) is 183 cm³/mol. The number of aromatic hydroxyl groups is 4. The number of hydrogen-bond donors (Lipinski definition) is 9. The van der Waals surface area contributed by atoms with Crippen LogP contribution in [0.2, 0.25) is 0 Å². The minimum Gasteiger partial charge on any atom is -0.508 e. The van der Waals surface area contributed by atoms with E-state index in [2.05, 4.69) is 0 Å². The van der Waals surface area contributed by atoms with Gasteiger partial charge in [0.2, 0.25) is 23.2 Å². The number of aliphatic hydroxyl groups excluding tert-OH is 5. The third kappa shape index (κ3) is 7.64. The standard InChI is InChI=1S/C36H38O19/c1-13-24(40)29(45)33(54-34(47)15-8-20(48-2)25(41)21(9-15)49-3)36(51-13)50-12-22-26(42)28(44)30(46)35(53-22)55-32-27(43)23-18(39)10-17(38)11-19(23)52-31(32)14-4-6-16(37)7-5-14/h4-11,13,22,24,26,28-30,33,35-42,44-46H,12H2,1-3H3. The van der Waals surface area contributed by atoms with Crippen molar-refractivity contribution in [3.63, 3.8) is 0 Å². The highest BCUT2D eigenvalue weighted by atomic mass is 16.7. The zero-order chi connectivity index (χ0) is 39.9. The summed E-state index contributed by atoms with van der Waals surface area (Å²) in [5.41, 5.74) is -1.27. The van der Waals surface area contributed by atoms with E-state index in [-0.39, 0.29) is 39.7 Å². The van der Waals surface area contributed by atoms with Crippen molar-refractivity contribution in [2.24, 2.45) is 0 Å². The average Bonchev–Trinajstić information content (AvgIpc) is 3.15. The molecular weight excluding hydrogens is 736 g/mol. The Kier molecular flexibility index (Phi) is 11.3. The van der Waals surface area contributed by atoms with Crippen molar-refractivity contribution in [3.8, 4) is 51.6 Å². The third-order valence-corrected chi connectivity index (χ3v) is 9.12. The molecule has 10 unspecified atom stereocenters. The van der Waals surface area contributed by atoms with E-state index in [0.717, 1.165) is 24.3 Å². The van der Waals surface area contributed by atoms with Crippen LogP contribution >= 0.6 is 0 Å². The molecule has 9 N–H and O–H groups in total. The van der Waals surface area contributed by atoms with Gasteiger partial charge >= 0.3 is 5.97 Å². The molecular formula is C36H38O19. The highest BCUT2D eigenvalue weighted by Gasteiger charge is 2.49. The fourth-order valence-electron chi connectivity index (χ4n) is 6.10. The maximum absolute atomic E-state index is 13.8. The molecule has 10 atom stereocenters. The van der Waals surface area contributed by atoms with Crippen LogP contribution in [-0.2, 0) is 18.9 Å². The number of ether oxygens (including phenoxy) is 7. The van der Waals surface area contributed by atoms with E-state index in [4.69, 9.17) is 37.6 Å². The number of carbonyl (C=O) groups is 1. The van der Waals surface area contributed by atoms with Crippen molar-refractivity contribution in [2.45, 2.75) is 68.3 Å². The number of esters is 1. The van der Waals surface area contributed by atoms with Gasteiger partial charge < -0.3 is 83.5 Å². The maximum atomic E-state index is 13.8. The Bertz CT molecular complexity index is 2060. The summed E-state index contributed by atoms with van der Waals surface area (Å²) < 4.78 is 44.5. The van der Waals surface area contributed by atoms with Crippen LogP contribution in [0.1, 0.15) is 17.3 Å². The minimum atomic E-state index is -2.00. The number of phenolic OH excluding ortho intramolecular Hbond substituents is 4. The number of methoxy groups -OCH3 is 2. The molecule has 0 spiro atoms. The van der Waals surface area contributed by atoms with Crippen LogP contribution in [0.15, 0.2) is 57.7 Å². The van der Waals surface area contributed by atoms with Crippen LogP contribution in [0.4, 0.5) is 0 Å². The Morgan fingerprint density at radius 1 is 0.764 bits per heavy atom. The van der Waals surface area contributed by atoms with E-state index in [0.29, 0.717) is 0 Å². The number of carbonyl (C=O) groups excluding carboxylic acids is 1. The lowest BCUT2D eigenvalue weighted by Crippen LogP contribution is -2.62. The summed E-state index contributed by atoms with van der Waals surface area (Å²) >= 11 is 0. The summed E-state index contributed by atoms with van der Waals surface area (Å²) in [7, 11) is 2.47. The number of benzene rings is 3. The number of fused-ring (bicyclic) bond motifs is 1. The van der Waals surface area contributed by atoms with Gasteiger partial charge in [0.25, 0.3) is 0 Å². The summed E-state index contributed by atoms with van der Waals surface area (Å²) in [4.78, 5) is 27.0. The van der Waals surface area contributed by atoms with E-state index < -0.39 is 108 Å². The van der Waals surface area contributed by atoms with Crippen molar-refractivity contribution in [3.05, 3.63) is 64.3 Å². The van der Waals surface area contributed by atoms with Crippen LogP contribution in [0.3, 0.4) is 0 Å². The summed E-state index contributed by atoms with van der Waals surface area (Å²) in [6.45, 7) is 0.699. The minimum absolute atomic E-state index is 0.133. The van der Waals surface area contributed by atoms with Crippen molar-refractivity contribution in [1.29, 1.82) is 0 Å². The van der Waals surface area contributed by atoms with Crippen molar-refractivity contribution in [2.75, 3.05) is 20.8 Å². The number of aliphatic hydroxyl groups is 5. The third-order valence-electron chi connectivity index (χ3n) is 9.12. The molecule has 55 heavy (non-hydrogen) atoms. The zero-order valence-corrected chi connectivity index (χ0v) is 29.2. The molecule has 0 amide bonds. The van der Waals surface area contributed by atoms with Crippen LogP contribution < -0.4 is 19.6 Å². The highest BCUT2D eigenvalue weighted by molar-refractivity contribution is 5.91. The number of rotatable bonds is 10. The molecule has 6 rings (SSSR count). The van der Waals surface area contributed by atoms with Crippen LogP contribution in [0, 0.1) is 0 Å². The number of phenols is 4. The SMILES string of the molecule is COc1cc(C(=O)OC2C(OCC3OC(Oc4c(-c5ccc(O)cc5)oc5cc(O)cc(O)c5c4=O)C(O)C(O)C3O)OC(C)C(O)C2O)cc(OC)c1O. The Morgan fingerprint density at radius 2 is 1.42 bits per heavy atom. The Balaban J connectivity index is 1.26. The Morgan fingerprint density at radius 3 is 2.05 bits per heavy atom. The molecule has 2 aliphatic heterocycles. The molecule has 296 valence electrons. The van der Waals surface area contributed by atoms with Gasteiger partial charge in [-0.15, -0.1) is 0 Å². The van der Waals surface area contributed by atoms with Gasteiger partial charge in [0.15, 0.2) is 29.7 Å². The molecule has 3 aromatic carbocycles. The smallest absolute Gasteiger partial charge is 0.338 e. The molecule has 2 fully saturated rings. The van der Waals surface area contributed by atoms with Crippen LogP contribution in [-0.4, -0.2) is 134 Å². The maximum Gasteiger partial charge on any atom is 0.338 e. The first-order valence-corrected chi connectivity index (χ1v) is 16.6. The topological polar surface area (TPSA) is 294 Å². The van der Waals surface area contributed by atoms with Crippen LogP contribution in [0.5, 0.6) is 40.2 Å². The van der Waals surface area contributed by atoms with Gasteiger partial charge in [-0.2, -0.15) is 0 Å². The Labute approximate surface area is 310 Å². The quantitative estimate of drug-likeness (QED) is 0.0972. The van der Waals surface area contributed by atoms with Gasteiger partial charge in [-0.25, -0.2) is 4.79 Å². The van der Waals surface area contributed by atoms with E-state index >= 15 is 0 Å². The summed E-state index contributed by atoms with van der Waals surface area (Å²) in [5.74, 6) is -3.92. The summed E-state index contributed by atoms with van der Waals surface area (Å²) in [6, 6.07) is 9.49. The Hall–Kier alpha value is -5.38. The van der Waals surface area contributed by atoms with E-state index in [1.165, 1.54) is 45.4 Å². The van der Waals surface area contributed by atoms with E-state index in [1.807, 2.05) is 0 Å². The first-order chi connectivity index (χ1) is 26.1. The van der Waals surface area contributed by atoms with Gasteiger partial charge in [0, 0.05) is 17.7 Å². The zero-order valence-electron chi connectivity index (χ0n) is 29.2. The fraction of sp³-hybridized carbons (Fsp3) is 0.389. The molecule has 0 bridgehead atoms. The summed E-state index contributed by atoms with van der Waals surface area (Å²) in [6.07, 6.45) is -17.1. The average molecular weight is 775 g/mol. The lowest BCUT2D eigenvalue weighted by molar-refractivity contribution is -0.318. The van der Waals surface area contributed by atoms with Crippen molar-refractivity contribution in [1.82, 2.24) is 0 Å². The van der Waals surface area contributed by atoms with Gasteiger partial charge in [0.1, 0.15) is 64.8 Å². The first-order valence-electron chi connectivity index (χ1n) is 16.6. The normalized spacial score (nSPS) is 28.1. The molecule has 3 heterocycles. The fourth-order valence-corrected chi connectivity index (χ4v) is 6.10. The monoisotopic (exact) mass is 774 g/mol. The van der Waals surface area contributed by atoms with Gasteiger partial charge in [-0.3, -0.25) is 4.79 Å². The second-order valence-electron chi connectivity index (χ2n) is 12.7.